The highest BCUT2D eigenvalue weighted by atomic mass is 32.1. The number of piperidine rings is 1. The van der Waals surface area contributed by atoms with E-state index in [-0.39, 0.29) is 24.0 Å². The zero-order valence-electron chi connectivity index (χ0n) is 17.3. The number of carbonyl (C=O) groups excluding carboxylic acids is 1. The van der Waals surface area contributed by atoms with Crippen molar-refractivity contribution in [3.8, 4) is 0 Å². The standard InChI is InChI=1S/C20H24N2O2S.C2HF3O2/c23-11-10-22-8-6-20(7-9-22)13-18(16-3-1-2-4-17(16)20)21-19(24)15-5-12-25-14-15;3-2(4,5)1(6)7/h1-5,12,14,18,23H,6-11,13H2,(H,21,24);(H,6,7). The van der Waals surface area contributed by atoms with Crippen molar-refractivity contribution in [2.24, 2.45) is 0 Å². The van der Waals surface area contributed by atoms with Gasteiger partial charge < -0.3 is 20.4 Å². The van der Waals surface area contributed by atoms with Gasteiger partial charge in [0.05, 0.1) is 18.2 Å². The summed E-state index contributed by atoms with van der Waals surface area (Å²) in [6.45, 7) is 3.01. The first-order valence-corrected chi connectivity index (χ1v) is 11.2. The number of carboxylic acid groups (broad SMARTS) is 1. The van der Waals surface area contributed by atoms with Crippen molar-refractivity contribution < 1.29 is 33.0 Å². The molecule has 0 bridgehead atoms. The third-order valence-electron chi connectivity index (χ3n) is 6.06. The predicted molar refractivity (Wildman–Crippen MR) is 114 cm³/mol. The van der Waals surface area contributed by atoms with Gasteiger partial charge in [-0.15, -0.1) is 0 Å². The number of alkyl halides is 3. The van der Waals surface area contributed by atoms with Gasteiger partial charge in [0.1, 0.15) is 0 Å². The van der Waals surface area contributed by atoms with Crippen LogP contribution in [0.4, 0.5) is 13.2 Å². The largest absolute Gasteiger partial charge is 0.490 e. The number of hydrogen-bond acceptors (Lipinski definition) is 5. The lowest BCUT2D eigenvalue weighted by Gasteiger charge is -2.40. The highest BCUT2D eigenvalue weighted by Crippen LogP contribution is 2.50. The van der Waals surface area contributed by atoms with Crippen molar-refractivity contribution in [2.75, 3.05) is 26.2 Å². The highest BCUT2D eigenvalue weighted by Gasteiger charge is 2.45. The highest BCUT2D eigenvalue weighted by molar-refractivity contribution is 7.08. The van der Waals surface area contributed by atoms with Crippen molar-refractivity contribution >= 4 is 23.2 Å². The number of amides is 1. The fraction of sp³-hybridized carbons (Fsp3) is 0.455. The molecule has 1 unspecified atom stereocenters. The van der Waals surface area contributed by atoms with E-state index in [9.17, 15) is 23.1 Å². The van der Waals surface area contributed by atoms with Crippen molar-refractivity contribution in [3.05, 3.63) is 57.8 Å². The molecule has 0 saturated carbocycles. The van der Waals surface area contributed by atoms with E-state index < -0.39 is 12.1 Å². The second-order valence-electron chi connectivity index (χ2n) is 7.98. The van der Waals surface area contributed by atoms with Crippen LogP contribution in [0.25, 0.3) is 0 Å². The molecule has 1 spiro atoms. The summed E-state index contributed by atoms with van der Waals surface area (Å²) in [6.07, 6.45) is -1.92. The summed E-state index contributed by atoms with van der Waals surface area (Å²) in [5, 5.41) is 23.4. The number of aliphatic hydroxyl groups is 1. The van der Waals surface area contributed by atoms with Crippen molar-refractivity contribution in [1.29, 1.82) is 0 Å². The molecule has 2 aromatic rings. The lowest BCUT2D eigenvalue weighted by Crippen LogP contribution is -2.43. The molecule has 6 nitrogen and oxygen atoms in total. The van der Waals surface area contributed by atoms with Crippen LogP contribution in [0.1, 0.15) is 46.8 Å². The van der Waals surface area contributed by atoms with Crippen molar-refractivity contribution in [1.82, 2.24) is 10.2 Å². The van der Waals surface area contributed by atoms with Gasteiger partial charge in [0.25, 0.3) is 5.91 Å². The molecule has 1 aliphatic carbocycles. The number of aliphatic hydroxyl groups excluding tert-OH is 1. The maximum absolute atomic E-state index is 12.5. The molecule has 2 aliphatic rings. The molecule has 32 heavy (non-hydrogen) atoms. The Morgan fingerprint density at radius 1 is 1.19 bits per heavy atom. The van der Waals surface area contributed by atoms with Crippen LogP contribution in [0.15, 0.2) is 41.1 Å². The Bertz CT molecular complexity index is 926. The molecule has 0 radical (unpaired) electrons. The lowest BCUT2D eigenvalue weighted by atomic mass is 9.73. The minimum Gasteiger partial charge on any atom is -0.475 e. The number of β-amino-alcohol motifs (C(OH)–C–C–N with tert-alkyl or cyclic N) is 1. The van der Waals surface area contributed by atoms with Crippen LogP contribution < -0.4 is 5.32 Å². The number of fused-ring (bicyclic) bond motifs is 2. The fourth-order valence-corrected chi connectivity index (χ4v) is 5.11. The first-order valence-electron chi connectivity index (χ1n) is 10.2. The zero-order valence-corrected chi connectivity index (χ0v) is 18.1. The number of halogens is 3. The van der Waals surface area contributed by atoms with Crippen LogP contribution in [-0.4, -0.2) is 59.4 Å². The van der Waals surface area contributed by atoms with E-state index in [1.54, 1.807) is 11.3 Å². The minimum atomic E-state index is -5.08. The second-order valence-corrected chi connectivity index (χ2v) is 8.76. The van der Waals surface area contributed by atoms with Crippen LogP contribution >= 0.6 is 11.3 Å². The van der Waals surface area contributed by atoms with Gasteiger partial charge in [0.15, 0.2) is 0 Å². The normalized spacial score (nSPS) is 19.7. The number of carbonyl (C=O) groups is 2. The molecule has 10 heteroatoms. The number of rotatable bonds is 4. The Labute approximate surface area is 187 Å². The zero-order chi connectivity index (χ0) is 23.4. The molecule has 1 atom stereocenters. The Morgan fingerprint density at radius 3 is 2.41 bits per heavy atom. The molecular weight excluding hydrogens is 445 g/mol. The number of hydrogen-bond donors (Lipinski definition) is 3. The molecule has 3 N–H and O–H groups in total. The van der Waals surface area contributed by atoms with Crippen LogP contribution in [0, 0.1) is 0 Å². The lowest BCUT2D eigenvalue weighted by molar-refractivity contribution is -0.192. The summed E-state index contributed by atoms with van der Waals surface area (Å²) in [5.74, 6) is -2.73. The van der Waals surface area contributed by atoms with Crippen molar-refractivity contribution in [2.45, 2.75) is 36.9 Å². The molecule has 1 amide bonds. The van der Waals surface area contributed by atoms with E-state index in [0.717, 1.165) is 44.5 Å². The van der Waals surface area contributed by atoms with Gasteiger partial charge in [-0.1, -0.05) is 24.3 Å². The van der Waals surface area contributed by atoms with Crippen LogP contribution in [0.5, 0.6) is 0 Å². The SMILES string of the molecule is O=C(NC1CC2(CCN(CCO)CC2)c2ccccc21)c1ccsc1.O=C(O)C(F)(F)F. The Kier molecular flexibility index (Phi) is 7.58. The number of nitrogens with zero attached hydrogens (tertiary/aromatic N) is 1. The van der Waals surface area contributed by atoms with Gasteiger partial charge in [-0.05, 0) is 54.9 Å². The maximum Gasteiger partial charge on any atom is 0.490 e. The monoisotopic (exact) mass is 470 g/mol. The molecule has 1 saturated heterocycles. The third kappa shape index (κ3) is 5.48. The molecule has 1 aromatic heterocycles. The van der Waals surface area contributed by atoms with Gasteiger partial charge in [0, 0.05) is 17.3 Å². The predicted octanol–water partition coefficient (Wildman–Crippen LogP) is 3.58. The summed E-state index contributed by atoms with van der Waals surface area (Å²) in [4.78, 5) is 23.8. The Balaban J connectivity index is 0.000000360. The number of carboxylic acids is 1. The number of nitrogens with one attached hydrogen (secondary N) is 1. The maximum atomic E-state index is 12.5. The number of likely N-dealkylation sites (tertiary alicyclic amines) is 1. The van der Waals surface area contributed by atoms with Gasteiger partial charge >= 0.3 is 12.1 Å². The van der Waals surface area contributed by atoms with Crippen LogP contribution in [0.2, 0.25) is 0 Å². The molecule has 174 valence electrons. The smallest absolute Gasteiger partial charge is 0.475 e. The molecule has 1 aliphatic heterocycles. The van der Waals surface area contributed by atoms with Crippen LogP contribution in [0.3, 0.4) is 0 Å². The number of benzene rings is 1. The Hall–Kier alpha value is -2.43. The summed E-state index contributed by atoms with van der Waals surface area (Å²) in [6, 6.07) is 10.6. The molecule has 4 rings (SSSR count). The number of thiophene rings is 1. The molecular formula is C22H25F3N2O4S. The van der Waals surface area contributed by atoms with Gasteiger partial charge in [-0.3, -0.25) is 4.79 Å². The van der Waals surface area contributed by atoms with Crippen LogP contribution in [-0.2, 0) is 10.2 Å². The second kappa shape index (κ2) is 10.0. The molecule has 1 fully saturated rings. The van der Waals surface area contributed by atoms with E-state index >= 15 is 0 Å². The summed E-state index contributed by atoms with van der Waals surface area (Å²) in [5.41, 5.74) is 3.60. The van der Waals surface area contributed by atoms with Crippen molar-refractivity contribution in [3.63, 3.8) is 0 Å². The van der Waals surface area contributed by atoms with Gasteiger partial charge in [0.2, 0.25) is 0 Å². The Morgan fingerprint density at radius 2 is 1.84 bits per heavy atom. The topological polar surface area (TPSA) is 89.9 Å². The first-order chi connectivity index (χ1) is 15.2. The summed E-state index contributed by atoms with van der Waals surface area (Å²) in [7, 11) is 0. The quantitative estimate of drug-likeness (QED) is 0.636. The van der Waals surface area contributed by atoms with Gasteiger partial charge in [-0.2, -0.15) is 24.5 Å². The number of aliphatic carboxylic acids is 1. The van der Waals surface area contributed by atoms with E-state index in [2.05, 4.69) is 34.5 Å². The minimum absolute atomic E-state index is 0.0239. The fourth-order valence-electron chi connectivity index (χ4n) is 4.48. The third-order valence-corrected chi connectivity index (χ3v) is 6.75. The van der Waals surface area contributed by atoms with E-state index in [1.807, 2.05) is 16.8 Å². The molecule has 2 heterocycles. The van der Waals surface area contributed by atoms with E-state index in [0.29, 0.717) is 0 Å². The van der Waals surface area contributed by atoms with Gasteiger partial charge in [-0.25, -0.2) is 4.79 Å². The average molecular weight is 471 g/mol. The summed E-state index contributed by atoms with van der Waals surface area (Å²) < 4.78 is 31.7. The van der Waals surface area contributed by atoms with E-state index in [4.69, 9.17) is 9.90 Å². The molecule has 1 aromatic carbocycles. The summed E-state index contributed by atoms with van der Waals surface area (Å²) >= 11 is 1.55. The average Bonchev–Trinajstić information content (AvgIpc) is 3.38. The van der Waals surface area contributed by atoms with E-state index in [1.165, 1.54) is 11.1 Å². The first kappa shape index (κ1) is 24.2.